The van der Waals surface area contributed by atoms with E-state index in [0.29, 0.717) is 37.6 Å². The zero-order valence-corrected chi connectivity index (χ0v) is 21.3. The van der Waals surface area contributed by atoms with Gasteiger partial charge in [0, 0.05) is 25.1 Å². The number of fused-ring (bicyclic) bond motifs is 1. The van der Waals surface area contributed by atoms with E-state index in [1.807, 2.05) is 78.6 Å². The molecular weight excluding hydrogens is 488 g/mol. The lowest BCUT2D eigenvalue weighted by atomic mass is 10.1. The molecule has 4 rings (SSSR count). The minimum absolute atomic E-state index is 0.0104. The van der Waals surface area contributed by atoms with Crippen LogP contribution in [0.1, 0.15) is 24.8 Å². The van der Waals surface area contributed by atoms with Crippen molar-refractivity contribution >= 4 is 29.0 Å². The number of carboxylic acid groups (broad SMARTS) is 2. The Morgan fingerprint density at radius 2 is 1.74 bits per heavy atom. The van der Waals surface area contributed by atoms with Gasteiger partial charge >= 0.3 is 11.9 Å². The molecule has 0 saturated carbocycles. The van der Waals surface area contributed by atoms with E-state index < -0.39 is 18.0 Å². The summed E-state index contributed by atoms with van der Waals surface area (Å²) in [5.74, 6) is 0.0862. The van der Waals surface area contributed by atoms with Crippen LogP contribution in [0.2, 0.25) is 0 Å². The van der Waals surface area contributed by atoms with E-state index in [0.717, 1.165) is 34.9 Å². The fourth-order valence-corrected chi connectivity index (χ4v) is 4.18. The molecule has 1 heterocycles. The van der Waals surface area contributed by atoms with Crippen molar-refractivity contribution in [2.75, 3.05) is 36.5 Å². The zero-order valence-electron chi connectivity index (χ0n) is 21.3. The largest absolute Gasteiger partial charge is 0.493 e. The van der Waals surface area contributed by atoms with Gasteiger partial charge in [-0.05, 0) is 61.4 Å². The van der Waals surface area contributed by atoms with Crippen LogP contribution in [-0.4, -0.2) is 54.6 Å². The van der Waals surface area contributed by atoms with Gasteiger partial charge in [-0.3, -0.25) is 4.79 Å². The van der Waals surface area contributed by atoms with Crippen molar-refractivity contribution in [2.45, 2.75) is 32.3 Å². The second-order valence-corrected chi connectivity index (χ2v) is 9.01. The van der Waals surface area contributed by atoms with Crippen LogP contribution in [0.3, 0.4) is 0 Å². The number of hydrogen-bond acceptors (Lipinski definition) is 7. The third-order valence-corrected chi connectivity index (χ3v) is 6.12. The molecular formula is C29H32N2O7. The third-order valence-electron chi connectivity index (χ3n) is 6.12. The van der Waals surface area contributed by atoms with Gasteiger partial charge in [-0.25, -0.2) is 4.79 Å². The SMILES string of the molecule is Cc1ccccc1OCCCOc1ccc(Nc2cccc3c2OC(C(=O)O)CN3CCCC(=O)O)cc1. The first-order chi connectivity index (χ1) is 18.4. The predicted molar refractivity (Wildman–Crippen MR) is 144 cm³/mol. The van der Waals surface area contributed by atoms with Gasteiger partial charge in [-0.1, -0.05) is 24.3 Å². The van der Waals surface area contributed by atoms with Crippen molar-refractivity contribution in [3.05, 3.63) is 72.3 Å². The third kappa shape index (κ3) is 7.09. The summed E-state index contributed by atoms with van der Waals surface area (Å²) >= 11 is 0. The number of benzene rings is 3. The molecule has 0 amide bonds. The summed E-state index contributed by atoms with van der Waals surface area (Å²) in [7, 11) is 0. The lowest BCUT2D eigenvalue weighted by molar-refractivity contribution is -0.145. The van der Waals surface area contributed by atoms with Crippen molar-refractivity contribution < 1.29 is 34.0 Å². The molecule has 1 unspecified atom stereocenters. The molecule has 0 saturated heterocycles. The lowest BCUT2D eigenvalue weighted by Gasteiger charge is -2.35. The molecule has 3 aromatic carbocycles. The van der Waals surface area contributed by atoms with E-state index in [1.165, 1.54) is 0 Å². The number of anilines is 3. The van der Waals surface area contributed by atoms with Crippen LogP contribution in [0.4, 0.5) is 17.1 Å². The standard InChI is InChI=1S/C29H32N2O7/c1-20-7-2-3-10-25(20)37-18-6-17-36-22-14-12-21(13-15-22)30-23-8-4-9-24-28(23)38-26(29(34)35)19-31(24)16-5-11-27(32)33/h2-4,7-10,12-15,26,30H,5-6,11,16-19H2,1H3,(H,32,33)(H,34,35). The zero-order chi connectivity index (χ0) is 26.9. The van der Waals surface area contributed by atoms with Crippen LogP contribution in [-0.2, 0) is 9.59 Å². The first-order valence-electron chi connectivity index (χ1n) is 12.6. The topological polar surface area (TPSA) is 118 Å². The van der Waals surface area contributed by atoms with Crippen molar-refractivity contribution in [3.8, 4) is 17.2 Å². The van der Waals surface area contributed by atoms with Crippen LogP contribution in [0.15, 0.2) is 66.7 Å². The summed E-state index contributed by atoms with van der Waals surface area (Å²) in [6.07, 6.45) is 0.102. The molecule has 9 heteroatoms. The van der Waals surface area contributed by atoms with Gasteiger partial charge in [0.25, 0.3) is 0 Å². The minimum atomic E-state index is -1.07. The van der Waals surface area contributed by atoms with Crippen LogP contribution in [0, 0.1) is 6.92 Å². The van der Waals surface area contributed by atoms with Crippen LogP contribution in [0.25, 0.3) is 0 Å². The maximum absolute atomic E-state index is 11.7. The quantitative estimate of drug-likeness (QED) is 0.265. The molecule has 0 aromatic heterocycles. The highest BCUT2D eigenvalue weighted by atomic mass is 16.5. The molecule has 0 aliphatic carbocycles. The molecule has 38 heavy (non-hydrogen) atoms. The maximum Gasteiger partial charge on any atom is 0.346 e. The highest BCUT2D eigenvalue weighted by Gasteiger charge is 2.32. The van der Waals surface area contributed by atoms with E-state index >= 15 is 0 Å². The summed E-state index contributed by atoms with van der Waals surface area (Å²) in [6, 6.07) is 20.9. The molecule has 9 nitrogen and oxygen atoms in total. The second-order valence-electron chi connectivity index (χ2n) is 9.01. The van der Waals surface area contributed by atoms with Gasteiger partial charge in [-0.15, -0.1) is 0 Å². The number of nitrogens with zero attached hydrogens (tertiary/aromatic N) is 1. The molecule has 1 aliphatic heterocycles. The molecule has 3 N–H and O–H groups in total. The van der Waals surface area contributed by atoms with E-state index in [-0.39, 0.29) is 13.0 Å². The van der Waals surface area contributed by atoms with Crippen molar-refractivity contribution in [3.63, 3.8) is 0 Å². The van der Waals surface area contributed by atoms with Gasteiger partial charge in [0.2, 0.25) is 6.10 Å². The van der Waals surface area contributed by atoms with Crippen LogP contribution < -0.4 is 24.4 Å². The van der Waals surface area contributed by atoms with Crippen molar-refractivity contribution in [2.24, 2.45) is 0 Å². The average molecular weight is 521 g/mol. The highest BCUT2D eigenvalue weighted by Crippen LogP contribution is 2.41. The average Bonchev–Trinajstić information content (AvgIpc) is 2.90. The van der Waals surface area contributed by atoms with Gasteiger partial charge in [0.15, 0.2) is 5.75 Å². The highest BCUT2D eigenvalue weighted by molar-refractivity contribution is 5.81. The van der Waals surface area contributed by atoms with E-state index in [2.05, 4.69) is 5.32 Å². The predicted octanol–water partition coefficient (Wildman–Crippen LogP) is 5.10. The molecule has 3 aromatic rings. The van der Waals surface area contributed by atoms with E-state index in [1.54, 1.807) is 0 Å². The number of carbonyl (C=O) groups is 2. The summed E-state index contributed by atoms with van der Waals surface area (Å²) in [6.45, 7) is 3.66. The first-order valence-corrected chi connectivity index (χ1v) is 12.6. The van der Waals surface area contributed by atoms with Crippen molar-refractivity contribution in [1.29, 1.82) is 0 Å². The van der Waals surface area contributed by atoms with Crippen molar-refractivity contribution in [1.82, 2.24) is 0 Å². The Morgan fingerprint density at radius 1 is 0.974 bits per heavy atom. The number of aliphatic carboxylic acids is 2. The fraction of sp³-hybridized carbons (Fsp3) is 0.310. The maximum atomic E-state index is 11.7. The number of para-hydroxylation sites is 2. The van der Waals surface area contributed by atoms with Gasteiger partial charge in [0.1, 0.15) is 11.5 Å². The Hall–Kier alpha value is -4.40. The van der Waals surface area contributed by atoms with E-state index in [4.69, 9.17) is 19.3 Å². The molecule has 0 bridgehead atoms. The summed E-state index contributed by atoms with van der Waals surface area (Å²) in [5, 5.41) is 21.9. The van der Waals surface area contributed by atoms with E-state index in [9.17, 15) is 14.7 Å². The molecule has 0 radical (unpaired) electrons. The van der Waals surface area contributed by atoms with Gasteiger partial charge in [-0.2, -0.15) is 0 Å². The van der Waals surface area contributed by atoms with Crippen LogP contribution in [0.5, 0.6) is 17.2 Å². The number of hydrogen-bond donors (Lipinski definition) is 3. The van der Waals surface area contributed by atoms with Gasteiger partial charge < -0.3 is 34.6 Å². The lowest BCUT2D eigenvalue weighted by Crippen LogP contribution is -2.45. The van der Waals surface area contributed by atoms with Gasteiger partial charge in [0.05, 0.1) is 31.1 Å². The molecule has 1 atom stereocenters. The molecule has 1 aliphatic rings. The fourth-order valence-electron chi connectivity index (χ4n) is 4.18. The first kappa shape index (κ1) is 26.7. The Kier molecular flexibility index (Phi) is 8.92. The Bertz CT molecular complexity index is 1250. The molecule has 0 spiro atoms. The van der Waals surface area contributed by atoms with Crippen LogP contribution >= 0.6 is 0 Å². The Balaban J connectivity index is 1.35. The monoisotopic (exact) mass is 520 g/mol. The molecule has 0 fully saturated rings. The minimum Gasteiger partial charge on any atom is -0.493 e. The molecule has 200 valence electrons. The number of ether oxygens (including phenoxy) is 3. The number of aryl methyl sites for hydroxylation is 1. The smallest absolute Gasteiger partial charge is 0.346 e. The second kappa shape index (κ2) is 12.7. The normalized spacial score (nSPS) is 14.2. The summed E-state index contributed by atoms with van der Waals surface area (Å²) in [4.78, 5) is 24.5. The summed E-state index contributed by atoms with van der Waals surface area (Å²) < 4.78 is 17.5. The number of rotatable bonds is 13. The Morgan fingerprint density at radius 3 is 2.47 bits per heavy atom. The Labute approximate surface area is 221 Å². The number of carboxylic acids is 2. The summed E-state index contributed by atoms with van der Waals surface area (Å²) in [5.41, 5.74) is 3.24. The number of nitrogens with one attached hydrogen (secondary N) is 1.